The molecule has 1 aliphatic rings. The highest BCUT2D eigenvalue weighted by Gasteiger charge is 2.30. The van der Waals surface area contributed by atoms with E-state index in [9.17, 15) is 13.2 Å². The molecular formula is C17H20N2O5S2. The highest BCUT2D eigenvalue weighted by Crippen LogP contribution is 2.24. The third kappa shape index (κ3) is 4.29. The molecule has 0 saturated carbocycles. The van der Waals surface area contributed by atoms with E-state index in [0.29, 0.717) is 6.61 Å². The predicted molar refractivity (Wildman–Crippen MR) is 96.5 cm³/mol. The van der Waals surface area contributed by atoms with E-state index < -0.39 is 16.0 Å². The summed E-state index contributed by atoms with van der Waals surface area (Å²) < 4.78 is 38.1. The van der Waals surface area contributed by atoms with Crippen molar-refractivity contribution in [3.05, 3.63) is 46.4 Å². The molecule has 7 nitrogen and oxygen atoms in total. The number of carbonyl (C=O) groups is 1. The van der Waals surface area contributed by atoms with E-state index in [0.717, 1.165) is 17.7 Å². The van der Waals surface area contributed by atoms with Gasteiger partial charge in [-0.15, -0.1) is 11.3 Å². The van der Waals surface area contributed by atoms with E-state index in [1.54, 1.807) is 0 Å². The van der Waals surface area contributed by atoms with Crippen LogP contribution in [0.4, 0.5) is 0 Å². The Balaban J connectivity index is 1.91. The van der Waals surface area contributed by atoms with Gasteiger partial charge in [-0.2, -0.15) is 4.31 Å². The van der Waals surface area contributed by atoms with Crippen LogP contribution in [0.2, 0.25) is 0 Å². The highest BCUT2D eigenvalue weighted by molar-refractivity contribution is 7.89. The number of sulfonamides is 1. The van der Waals surface area contributed by atoms with Gasteiger partial charge in [0.25, 0.3) is 0 Å². The molecule has 2 aromatic rings. The third-order valence-corrected chi connectivity index (χ3v) is 6.75. The van der Waals surface area contributed by atoms with Crippen LogP contribution in [0.3, 0.4) is 0 Å². The Morgan fingerprint density at radius 1 is 1.46 bits per heavy atom. The number of carbonyl (C=O) groups excluding carboxylic acids is 1. The molecule has 0 radical (unpaired) electrons. The van der Waals surface area contributed by atoms with Gasteiger partial charge in [0, 0.05) is 37.0 Å². The maximum atomic E-state index is 13.2. The molecule has 140 valence electrons. The van der Waals surface area contributed by atoms with Crippen LogP contribution < -0.4 is 0 Å². The number of pyridine rings is 1. The molecule has 26 heavy (non-hydrogen) atoms. The zero-order chi connectivity index (χ0) is 18.6. The quantitative estimate of drug-likeness (QED) is 0.668. The van der Waals surface area contributed by atoms with Gasteiger partial charge in [0.1, 0.15) is 4.90 Å². The number of rotatable bonds is 7. The molecule has 3 rings (SSSR count). The van der Waals surface area contributed by atoms with Crippen LogP contribution in [0, 0.1) is 0 Å². The second-order valence-electron chi connectivity index (χ2n) is 5.91. The van der Waals surface area contributed by atoms with Gasteiger partial charge in [-0.3, -0.25) is 4.98 Å². The SMILES string of the molecule is COC(=O)c1cncc(S(=O)(=O)N(Cc2cccs2)C[C@H]2CCCO2)c1. The fourth-order valence-electron chi connectivity index (χ4n) is 2.78. The van der Waals surface area contributed by atoms with Crippen molar-refractivity contribution in [2.45, 2.75) is 30.4 Å². The third-order valence-electron chi connectivity index (χ3n) is 4.12. The Morgan fingerprint density at radius 2 is 2.31 bits per heavy atom. The molecule has 1 saturated heterocycles. The van der Waals surface area contributed by atoms with E-state index in [4.69, 9.17) is 4.74 Å². The Hall–Kier alpha value is -1.81. The first kappa shape index (κ1) is 19.0. The Bertz CT molecular complexity index is 846. The minimum atomic E-state index is -3.84. The normalized spacial score (nSPS) is 17.5. The van der Waals surface area contributed by atoms with Crippen LogP contribution in [-0.4, -0.2) is 50.0 Å². The lowest BCUT2D eigenvalue weighted by Gasteiger charge is -2.24. The van der Waals surface area contributed by atoms with Crippen LogP contribution >= 0.6 is 11.3 Å². The number of methoxy groups -OCH3 is 1. The van der Waals surface area contributed by atoms with Crippen molar-refractivity contribution in [3.8, 4) is 0 Å². The number of ether oxygens (including phenoxy) is 2. The summed E-state index contributed by atoms with van der Waals surface area (Å²) in [5.74, 6) is -0.626. The van der Waals surface area contributed by atoms with E-state index in [2.05, 4.69) is 9.72 Å². The summed E-state index contributed by atoms with van der Waals surface area (Å²) in [4.78, 5) is 16.5. The zero-order valence-corrected chi connectivity index (χ0v) is 16.0. The van der Waals surface area contributed by atoms with Gasteiger partial charge in [-0.25, -0.2) is 13.2 Å². The van der Waals surface area contributed by atoms with Crippen molar-refractivity contribution >= 4 is 27.3 Å². The maximum absolute atomic E-state index is 13.2. The zero-order valence-electron chi connectivity index (χ0n) is 14.3. The van der Waals surface area contributed by atoms with Crippen molar-refractivity contribution in [3.63, 3.8) is 0 Å². The summed E-state index contributed by atoms with van der Waals surface area (Å²) in [6.07, 6.45) is 4.17. The summed E-state index contributed by atoms with van der Waals surface area (Å²) in [6, 6.07) is 5.08. The number of nitrogens with zero attached hydrogens (tertiary/aromatic N) is 2. The van der Waals surface area contributed by atoms with Crippen molar-refractivity contribution < 1.29 is 22.7 Å². The number of hydrogen-bond donors (Lipinski definition) is 0. The minimum absolute atomic E-state index is 0.0325. The lowest BCUT2D eigenvalue weighted by molar-refractivity contribution is 0.0600. The Labute approximate surface area is 156 Å². The van der Waals surface area contributed by atoms with Gasteiger partial charge in [-0.05, 0) is 30.4 Å². The van der Waals surface area contributed by atoms with Gasteiger partial charge in [-0.1, -0.05) is 6.07 Å². The van der Waals surface area contributed by atoms with Gasteiger partial charge >= 0.3 is 5.97 Å². The molecule has 0 bridgehead atoms. The summed E-state index contributed by atoms with van der Waals surface area (Å²) in [7, 11) is -2.60. The molecular weight excluding hydrogens is 376 g/mol. The van der Waals surface area contributed by atoms with Crippen molar-refractivity contribution in [1.82, 2.24) is 9.29 Å². The number of aromatic nitrogens is 1. The first-order valence-electron chi connectivity index (χ1n) is 8.18. The minimum Gasteiger partial charge on any atom is -0.465 e. The second kappa shape index (κ2) is 8.26. The first-order chi connectivity index (χ1) is 12.5. The summed E-state index contributed by atoms with van der Waals surface area (Å²) >= 11 is 1.50. The predicted octanol–water partition coefficient (Wildman–Crippen LogP) is 2.30. The van der Waals surface area contributed by atoms with Crippen LogP contribution in [0.25, 0.3) is 0 Å². The molecule has 0 unspecified atom stereocenters. The Morgan fingerprint density at radius 3 is 2.96 bits per heavy atom. The molecule has 9 heteroatoms. The molecule has 3 heterocycles. The van der Waals surface area contributed by atoms with Crippen molar-refractivity contribution in [1.29, 1.82) is 0 Å². The van der Waals surface area contributed by atoms with Gasteiger partial charge < -0.3 is 9.47 Å². The number of hydrogen-bond acceptors (Lipinski definition) is 7. The van der Waals surface area contributed by atoms with Crippen molar-refractivity contribution in [2.75, 3.05) is 20.3 Å². The van der Waals surface area contributed by atoms with E-state index in [1.165, 1.54) is 41.2 Å². The average molecular weight is 396 g/mol. The summed E-state index contributed by atoms with van der Waals surface area (Å²) in [5.41, 5.74) is 0.0989. The molecule has 2 aromatic heterocycles. The smallest absolute Gasteiger partial charge is 0.339 e. The molecule has 0 aliphatic carbocycles. The topological polar surface area (TPSA) is 85.8 Å². The maximum Gasteiger partial charge on any atom is 0.339 e. The van der Waals surface area contributed by atoms with E-state index in [1.807, 2.05) is 17.5 Å². The van der Waals surface area contributed by atoms with Crippen LogP contribution in [0.15, 0.2) is 40.9 Å². The number of thiophene rings is 1. The van der Waals surface area contributed by atoms with Crippen molar-refractivity contribution in [2.24, 2.45) is 0 Å². The molecule has 0 spiro atoms. The molecule has 0 amide bonds. The lowest BCUT2D eigenvalue weighted by atomic mass is 10.2. The fraction of sp³-hybridized carbons (Fsp3) is 0.412. The largest absolute Gasteiger partial charge is 0.465 e. The van der Waals surface area contributed by atoms with E-state index >= 15 is 0 Å². The average Bonchev–Trinajstić information content (AvgIpc) is 3.34. The van der Waals surface area contributed by atoms with Gasteiger partial charge in [0.15, 0.2) is 0 Å². The van der Waals surface area contributed by atoms with Gasteiger partial charge in [0.05, 0.1) is 18.8 Å². The summed E-state index contributed by atoms with van der Waals surface area (Å²) in [6.45, 7) is 1.17. The molecule has 1 aliphatic heterocycles. The van der Waals surface area contributed by atoms with Crippen LogP contribution in [0.1, 0.15) is 28.1 Å². The molecule has 1 atom stereocenters. The Kier molecular flexibility index (Phi) is 6.02. The first-order valence-corrected chi connectivity index (χ1v) is 10.5. The summed E-state index contributed by atoms with van der Waals surface area (Å²) in [5, 5.41) is 1.91. The molecule has 0 aromatic carbocycles. The molecule has 0 N–H and O–H groups in total. The monoisotopic (exact) mass is 396 g/mol. The fourth-order valence-corrected chi connectivity index (χ4v) is 5.02. The van der Waals surface area contributed by atoms with Gasteiger partial charge in [0.2, 0.25) is 10.0 Å². The van der Waals surface area contributed by atoms with Crippen LogP contribution in [-0.2, 0) is 26.0 Å². The lowest BCUT2D eigenvalue weighted by Crippen LogP contribution is -2.36. The molecule has 1 fully saturated rings. The second-order valence-corrected chi connectivity index (χ2v) is 8.88. The standard InChI is InChI=1S/C17H20N2O5S2/c1-23-17(20)13-8-16(10-18-9-13)26(21,22)19(11-14-4-2-6-24-14)12-15-5-3-7-25-15/h3,5,7-10,14H,2,4,6,11-12H2,1H3/t14-/m1/s1. The number of esters is 1. The van der Waals surface area contributed by atoms with E-state index in [-0.39, 0.29) is 29.7 Å². The van der Waals surface area contributed by atoms with Crippen LogP contribution in [0.5, 0.6) is 0 Å². The highest BCUT2D eigenvalue weighted by atomic mass is 32.2.